The molecule has 0 aromatic heterocycles. The van der Waals surface area contributed by atoms with Gasteiger partial charge in [-0.3, -0.25) is 19.5 Å². The summed E-state index contributed by atoms with van der Waals surface area (Å²) in [6, 6.07) is 37.1. The number of benzene rings is 5. The Balaban J connectivity index is 1.35. The number of rotatable bonds is 14. The fourth-order valence-electron chi connectivity index (χ4n) is 5.18. The van der Waals surface area contributed by atoms with Gasteiger partial charge in [-0.25, -0.2) is 14.4 Å². The number of hydrogen-bond donors (Lipinski definition) is 0. The van der Waals surface area contributed by atoms with Crippen molar-refractivity contribution in [3.63, 3.8) is 0 Å². The van der Waals surface area contributed by atoms with E-state index in [1.807, 2.05) is 91.0 Å². The Morgan fingerprint density at radius 3 is 1.13 bits per heavy atom. The topological polar surface area (TPSA) is 124 Å². The second kappa shape index (κ2) is 16.2. The average Bonchev–Trinajstić information content (AvgIpc) is 3.18. The van der Waals surface area contributed by atoms with E-state index in [0.29, 0.717) is 0 Å². The van der Waals surface area contributed by atoms with Crippen molar-refractivity contribution in [2.45, 2.75) is 58.3 Å². The molecule has 0 saturated heterocycles. The summed E-state index contributed by atoms with van der Waals surface area (Å²) in [5.41, 5.74) is -0.859. The predicted octanol–water partition coefficient (Wildman–Crippen LogP) is 8.99. The quantitative estimate of drug-likeness (QED) is 0.0625. The van der Waals surface area contributed by atoms with Gasteiger partial charge in [-0.15, -0.1) is 0 Å². The maximum absolute atomic E-state index is 13.6. The molecule has 0 fully saturated rings. The summed E-state index contributed by atoms with van der Waals surface area (Å²) in [5.74, 6) is -3.30. The van der Waals surface area contributed by atoms with Gasteiger partial charge in [-0.2, -0.15) is 14.7 Å². The van der Waals surface area contributed by atoms with Gasteiger partial charge in [0.1, 0.15) is 16.8 Å². The lowest BCUT2D eigenvalue weighted by Crippen LogP contribution is -2.26. The third-order valence-electron chi connectivity index (χ3n) is 8.49. The predicted molar refractivity (Wildman–Crippen MR) is 194 cm³/mol. The van der Waals surface area contributed by atoms with Gasteiger partial charge in [0, 0.05) is 11.1 Å². The van der Waals surface area contributed by atoms with Crippen molar-refractivity contribution >= 4 is 23.7 Å². The fourth-order valence-corrected chi connectivity index (χ4v) is 5.18. The molecular weight excluding hydrogens is 676 g/mol. The molecule has 0 N–H and O–H groups in total. The van der Waals surface area contributed by atoms with Gasteiger partial charge in [-0.1, -0.05) is 109 Å². The number of ketones is 1. The Hall–Kier alpha value is -5.94. The molecule has 0 aliphatic heterocycles. The summed E-state index contributed by atoms with van der Waals surface area (Å²) in [4.78, 5) is 85.5. The minimum atomic E-state index is -1.06. The molecule has 272 valence electrons. The fraction of sp³-hybridized carbons (Fsp3) is 0.209. The van der Waals surface area contributed by atoms with Crippen molar-refractivity contribution in [2.75, 3.05) is 0 Å². The van der Waals surface area contributed by atoms with Gasteiger partial charge >= 0.3 is 17.9 Å². The molecule has 10 nitrogen and oxygen atoms in total. The van der Waals surface area contributed by atoms with E-state index in [4.69, 9.17) is 29.3 Å². The Bertz CT molecular complexity index is 2050. The van der Waals surface area contributed by atoms with E-state index in [1.165, 1.54) is 42.5 Å². The van der Waals surface area contributed by atoms with Crippen LogP contribution >= 0.6 is 0 Å². The first-order chi connectivity index (χ1) is 25.2. The van der Waals surface area contributed by atoms with E-state index in [0.717, 1.165) is 16.7 Å². The standard InChI is InChI=1S/C43H40O10/c1-41(2,32-16-10-7-11-17-32)51-48-38(45)30-24-22-29(23-25-30)37(44)31-26-27-35(39(46)49-52-42(3,4)33-18-12-8-13-19-33)36(28-31)40(47)50-53-43(5,6)34-20-14-9-15-21-34/h7-28H,1-6H3. The maximum atomic E-state index is 13.6. The largest absolute Gasteiger partial charge is 0.374 e. The van der Waals surface area contributed by atoms with E-state index in [1.54, 1.807) is 41.5 Å². The second-order valence-electron chi connectivity index (χ2n) is 13.7. The normalized spacial score (nSPS) is 11.7. The lowest BCUT2D eigenvalue weighted by molar-refractivity contribution is -0.313. The monoisotopic (exact) mass is 716 g/mol. The van der Waals surface area contributed by atoms with Crippen molar-refractivity contribution in [3.8, 4) is 0 Å². The van der Waals surface area contributed by atoms with Gasteiger partial charge in [-0.05, 0) is 82.5 Å². The molecular formula is C43H40O10. The number of carbonyl (C=O) groups is 4. The minimum absolute atomic E-state index is 0.0459. The highest BCUT2D eigenvalue weighted by Crippen LogP contribution is 2.29. The van der Waals surface area contributed by atoms with Crippen LogP contribution in [0.25, 0.3) is 0 Å². The minimum Gasteiger partial charge on any atom is -0.292 e. The Labute approximate surface area is 308 Å². The maximum Gasteiger partial charge on any atom is 0.374 e. The summed E-state index contributed by atoms with van der Waals surface area (Å²) in [7, 11) is 0. The van der Waals surface area contributed by atoms with Crippen LogP contribution < -0.4 is 0 Å². The van der Waals surface area contributed by atoms with Crippen LogP contribution in [-0.4, -0.2) is 23.7 Å². The molecule has 5 aromatic carbocycles. The first-order valence-corrected chi connectivity index (χ1v) is 16.8. The second-order valence-corrected chi connectivity index (χ2v) is 13.7. The SMILES string of the molecule is CC(C)(OOC(=O)c1ccc(C(=O)c2ccc(C(=O)OOC(C)(C)c3ccccc3)c(C(=O)OOC(C)(C)c3ccccc3)c2)cc1)c1ccccc1. The Morgan fingerprint density at radius 1 is 0.377 bits per heavy atom. The van der Waals surface area contributed by atoms with Crippen LogP contribution in [0.4, 0.5) is 0 Å². The van der Waals surface area contributed by atoms with Crippen molar-refractivity contribution in [1.82, 2.24) is 0 Å². The first kappa shape index (κ1) is 38.3. The molecule has 0 atom stereocenters. The molecule has 0 radical (unpaired) electrons. The van der Waals surface area contributed by atoms with Gasteiger partial charge < -0.3 is 0 Å². The van der Waals surface area contributed by atoms with Crippen LogP contribution in [0.5, 0.6) is 0 Å². The molecule has 0 aliphatic carbocycles. The molecule has 5 rings (SSSR count). The molecule has 0 amide bonds. The highest BCUT2D eigenvalue weighted by molar-refractivity contribution is 6.12. The third-order valence-corrected chi connectivity index (χ3v) is 8.49. The van der Waals surface area contributed by atoms with E-state index in [2.05, 4.69) is 0 Å². The first-order valence-electron chi connectivity index (χ1n) is 16.8. The molecule has 10 heteroatoms. The zero-order chi connectivity index (χ0) is 38.2. The number of hydrogen-bond acceptors (Lipinski definition) is 10. The smallest absolute Gasteiger partial charge is 0.292 e. The number of carbonyl (C=O) groups excluding carboxylic acids is 4. The van der Waals surface area contributed by atoms with Gasteiger partial charge in [0.05, 0.1) is 16.7 Å². The summed E-state index contributed by atoms with van der Waals surface area (Å²) in [5, 5.41) is 0. The van der Waals surface area contributed by atoms with E-state index < -0.39 is 40.5 Å². The van der Waals surface area contributed by atoms with Crippen LogP contribution in [0.15, 0.2) is 133 Å². The molecule has 0 saturated carbocycles. The Kier molecular flexibility index (Phi) is 11.7. The van der Waals surface area contributed by atoms with Gasteiger partial charge in [0.15, 0.2) is 5.78 Å². The molecule has 0 unspecified atom stereocenters. The van der Waals surface area contributed by atoms with Crippen molar-refractivity contribution < 1.29 is 48.5 Å². The summed E-state index contributed by atoms with van der Waals surface area (Å²) in [6.45, 7) is 10.4. The van der Waals surface area contributed by atoms with E-state index >= 15 is 0 Å². The molecule has 53 heavy (non-hydrogen) atoms. The van der Waals surface area contributed by atoms with Crippen LogP contribution in [-0.2, 0) is 46.1 Å². The van der Waals surface area contributed by atoms with Gasteiger partial charge in [0.2, 0.25) is 0 Å². The lowest BCUT2D eigenvalue weighted by Gasteiger charge is -2.24. The van der Waals surface area contributed by atoms with Crippen molar-refractivity contribution in [2.24, 2.45) is 0 Å². The molecule has 0 bridgehead atoms. The summed E-state index contributed by atoms with van der Waals surface area (Å²) < 4.78 is 0. The highest BCUT2D eigenvalue weighted by atomic mass is 17.2. The van der Waals surface area contributed by atoms with Gasteiger partial charge in [0.25, 0.3) is 0 Å². The summed E-state index contributed by atoms with van der Waals surface area (Å²) in [6.07, 6.45) is 0. The molecule has 0 spiro atoms. The summed E-state index contributed by atoms with van der Waals surface area (Å²) >= 11 is 0. The average molecular weight is 717 g/mol. The third kappa shape index (κ3) is 9.49. The highest BCUT2D eigenvalue weighted by Gasteiger charge is 2.31. The molecule has 0 aliphatic rings. The Morgan fingerprint density at radius 2 is 0.717 bits per heavy atom. The van der Waals surface area contributed by atoms with E-state index in [9.17, 15) is 19.2 Å². The van der Waals surface area contributed by atoms with Crippen molar-refractivity contribution in [1.29, 1.82) is 0 Å². The van der Waals surface area contributed by atoms with E-state index in [-0.39, 0.29) is 27.8 Å². The lowest BCUT2D eigenvalue weighted by atomic mass is 9.97. The van der Waals surface area contributed by atoms with Crippen LogP contribution in [0.3, 0.4) is 0 Å². The van der Waals surface area contributed by atoms with Crippen molar-refractivity contribution in [3.05, 3.63) is 178 Å². The van der Waals surface area contributed by atoms with Crippen LogP contribution in [0, 0.1) is 0 Å². The zero-order valence-electron chi connectivity index (χ0n) is 30.3. The zero-order valence-corrected chi connectivity index (χ0v) is 30.3. The van der Waals surface area contributed by atoms with Crippen LogP contribution in [0.2, 0.25) is 0 Å². The van der Waals surface area contributed by atoms with Crippen LogP contribution in [0.1, 0.15) is 105 Å². The molecule has 0 heterocycles. The molecule has 5 aromatic rings.